The number of carbonyl (C=O) groups is 1. The van der Waals surface area contributed by atoms with E-state index in [1.165, 1.54) is 6.07 Å². The topological polar surface area (TPSA) is 49.4 Å². The quantitative estimate of drug-likeness (QED) is 0.551. The Labute approximate surface area is 138 Å². The molecule has 0 aliphatic carbocycles. The predicted molar refractivity (Wildman–Crippen MR) is 73.8 cm³/mol. The van der Waals surface area contributed by atoms with Gasteiger partial charge < -0.3 is 14.6 Å². The van der Waals surface area contributed by atoms with E-state index in [-0.39, 0.29) is 30.5 Å². The Balaban J connectivity index is 0.00000200. The zero-order valence-electron chi connectivity index (χ0n) is 11.0. The molecule has 1 aromatic heterocycles. The summed E-state index contributed by atoms with van der Waals surface area (Å²) in [6, 6.07) is 10.3. The van der Waals surface area contributed by atoms with E-state index in [9.17, 15) is 9.90 Å². The van der Waals surface area contributed by atoms with Gasteiger partial charge in [-0.1, -0.05) is 18.2 Å². The van der Waals surface area contributed by atoms with Gasteiger partial charge in [-0.2, -0.15) is 0 Å². The average molecular weight is 303 g/mol. The summed E-state index contributed by atoms with van der Waals surface area (Å²) in [6.07, 6.45) is 0.377. The first-order valence-corrected chi connectivity index (χ1v) is 7.20. The summed E-state index contributed by atoms with van der Waals surface area (Å²) in [5.74, 6) is -0.492. The number of carboxylic acids is 1. The molecule has 20 heavy (non-hydrogen) atoms. The van der Waals surface area contributed by atoms with Crippen LogP contribution in [0, 0.1) is 0 Å². The molecule has 6 heteroatoms. The van der Waals surface area contributed by atoms with E-state index >= 15 is 0 Å². The minimum absolute atomic E-state index is 0. The van der Waals surface area contributed by atoms with E-state index in [4.69, 9.17) is 16.3 Å². The van der Waals surface area contributed by atoms with Crippen LogP contribution in [0.15, 0.2) is 41.8 Å². The molecule has 1 atom stereocenters. The SMILES string of the molecule is O=C([O-])c1ccccc1OC(CCCl)c1cccs1.[Li+]. The van der Waals surface area contributed by atoms with Gasteiger partial charge >= 0.3 is 18.9 Å². The predicted octanol–water partition coefficient (Wildman–Crippen LogP) is -0.135. The third kappa shape index (κ3) is 4.29. The molecule has 0 N–H and O–H groups in total. The fourth-order valence-corrected chi connectivity index (χ4v) is 2.71. The number of aromatic carboxylic acids is 1. The van der Waals surface area contributed by atoms with Crippen molar-refractivity contribution in [2.24, 2.45) is 0 Å². The second-order valence-electron chi connectivity index (χ2n) is 3.88. The largest absolute Gasteiger partial charge is 1.00 e. The number of carbonyl (C=O) groups excluding carboxylic acids is 1. The molecule has 0 bridgehead atoms. The van der Waals surface area contributed by atoms with Crippen molar-refractivity contribution in [2.45, 2.75) is 12.5 Å². The van der Waals surface area contributed by atoms with Crippen LogP contribution in [0.25, 0.3) is 0 Å². The van der Waals surface area contributed by atoms with Crippen molar-refractivity contribution in [1.82, 2.24) is 0 Å². The van der Waals surface area contributed by atoms with E-state index < -0.39 is 5.97 Å². The number of para-hydroxylation sites is 1. The standard InChI is InChI=1S/C14H13ClO3S.Li/c15-8-7-12(13-6-3-9-19-13)18-11-5-2-1-4-10(11)14(16)17;/h1-6,9,12H,7-8H2,(H,16,17);/q;+1/p-1. The van der Waals surface area contributed by atoms with E-state index in [1.807, 2.05) is 17.5 Å². The van der Waals surface area contributed by atoms with Crippen molar-refractivity contribution < 1.29 is 33.5 Å². The molecule has 2 aromatic rings. The Morgan fingerprint density at radius 3 is 2.65 bits per heavy atom. The number of carboxylic acid groups (broad SMARTS) is 1. The van der Waals surface area contributed by atoms with E-state index in [2.05, 4.69) is 0 Å². The van der Waals surface area contributed by atoms with Gasteiger partial charge in [0.1, 0.15) is 11.9 Å². The maximum atomic E-state index is 11.0. The molecule has 3 nitrogen and oxygen atoms in total. The van der Waals surface area contributed by atoms with Gasteiger partial charge in [0.25, 0.3) is 0 Å². The van der Waals surface area contributed by atoms with E-state index in [1.54, 1.807) is 29.5 Å². The van der Waals surface area contributed by atoms with Crippen LogP contribution >= 0.6 is 22.9 Å². The molecule has 0 saturated heterocycles. The van der Waals surface area contributed by atoms with Gasteiger partial charge in [-0.15, -0.1) is 22.9 Å². The smallest absolute Gasteiger partial charge is 0.545 e. The van der Waals surface area contributed by atoms with Crippen LogP contribution in [-0.2, 0) is 0 Å². The van der Waals surface area contributed by atoms with Gasteiger partial charge in [0, 0.05) is 22.7 Å². The second-order valence-corrected chi connectivity index (χ2v) is 5.24. The molecule has 100 valence electrons. The maximum Gasteiger partial charge on any atom is 1.00 e. The molecule has 2 rings (SSSR count). The summed E-state index contributed by atoms with van der Waals surface area (Å²) in [7, 11) is 0. The normalized spacial score (nSPS) is 11.4. The fraction of sp³-hybridized carbons (Fsp3) is 0.214. The average Bonchev–Trinajstić information content (AvgIpc) is 2.92. The Morgan fingerprint density at radius 2 is 2.05 bits per heavy atom. The molecule has 0 saturated carbocycles. The second kappa shape index (κ2) is 8.38. The molecule has 1 heterocycles. The molecule has 0 aliphatic rings. The van der Waals surface area contributed by atoms with Crippen LogP contribution in [-0.4, -0.2) is 11.8 Å². The number of hydrogen-bond acceptors (Lipinski definition) is 4. The number of thiophene rings is 1. The van der Waals surface area contributed by atoms with Gasteiger partial charge in [0.2, 0.25) is 0 Å². The molecule has 0 radical (unpaired) electrons. The van der Waals surface area contributed by atoms with Gasteiger partial charge in [0.05, 0.1) is 5.97 Å². The van der Waals surface area contributed by atoms with Crippen LogP contribution < -0.4 is 28.7 Å². The number of benzene rings is 1. The van der Waals surface area contributed by atoms with Gasteiger partial charge in [0.15, 0.2) is 0 Å². The van der Waals surface area contributed by atoms with Crippen molar-refractivity contribution in [3.63, 3.8) is 0 Å². The summed E-state index contributed by atoms with van der Waals surface area (Å²) in [4.78, 5) is 12.1. The first kappa shape index (κ1) is 17.1. The molecule has 1 aromatic carbocycles. The third-order valence-corrected chi connectivity index (χ3v) is 3.79. The third-order valence-electron chi connectivity index (χ3n) is 2.61. The summed E-state index contributed by atoms with van der Waals surface area (Å²) >= 11 is 7.34. The zero-order valence-corrected chi connectivity index (χ0v) is 12.6. The van der Waals surface area contributed by atoms with Crippen molar-refractivity contribution in [2.75, 3.05) is 5.88 Å². The number of halogens is 1. The Kier molecular flexibility index (Phi) is 7.18. The molecule has 0 aliphatic heterocycles. The number of rotatable bonds is 6. The molecule has 0 spiro atoms. The number of hydrogen-bond donors (Lipinski definition) is 0. The summed E-state index contributed by atoms with van der Waals surface area (Å²) < 4.78 is 5.80. The van der Waals surface area contributed by atoms with Crippen molar-refractivity contribution in [3.05, 3.63) is 52.2 Å². The van der Waals surface area contributed by atoms with E-state index in [0.29, 0.717) is 18.1 Å². The fourth-order valence-electron chi connectivity index (χ4n) is 1.72. The molecular formula is C14H12ClLiO3S. The summed E-state index contributed by atoms with van der Waals surface area (Å²) in [6.45, 7) is 0. The Hall–Kier alpha value is -0.923. The minimum atomic E-state index is -1.24. The van der Waals surface area contributed by atoms with Crippen LogP contribution in [0.5, 0.6) is 5.75 Å². The van der Waals surface area contributed by atoms with Crippen molar-refractivity contribution in [3.8, 4) is 5.75 Å². The van der Waals surface area contributed by atoms with Crippen LogP contribution in [0.3, 0.4) is 0 Å². The maximum absolute atomic E-state index is 11.0. The monoisotopic (exact) mass is 302 g/mol. The minimum Gasteiger partial charge on any atom is -0.545 e. The number of ether oxygens (including phenoxy) is 1. The van der Waals surface area contributed by atoms with Crippen LogP contribution in [0.4, 0.5) is 0 Å². The van der Waals surface area contributed by atoms with Crippen LogP contribution in [0.1, 0.15) is 27.8 Å². The molecular weight excluding hydrogens is 291 g/mol. The number of alkyl halides is 1. The summed E-state index contributed by atoms with van der Waals surface area (Å²) in [5.41, 5.74) is 0.0543. The van der Waals surface area contributed by atoms with Crippen molar-refractivity contribution >= 4 is 28.9 Å². The Bertz CT molecular complexity index is 545. The van der Waals surface area contributed by atoms with E-state index in [0.717, 1.165) is 4.88 Å². The first-order valence-electron chi connectivity index (χ1n) is 5.78. The molecule has 1 unspecified atom stereocenters. The first-order chi connectivity index (χ1) is 9.22. The summed E-state index contributed by atoms with van der Waals surface area (Å²) in [5, 5.41) is 13.0. The zero-order chi connectivity index (χ0) is 13.7. The Morgan fingerprint density at radius 1 is 1.30 bits per heavy atom. The van der Waals surface area contributed by atoms with Gasteiger partial charge in [-0.25, -0.2) is 0 Å². The molecule has 0 amide bonds. The van der Waals surface area contributed by atoms with Crippen LogP contribution in [0.2, 0.25) is 0 Å². The van der Waals surface area contributed by atoms with Crippen molar-refractivity contribution in [1.29, 1.82) is 0 Å². The van der Waals surface area contributed by atoms with Gasteiger partial charge in [-0.05, 0) is 23.6 Å². The van der Waals surface area contributed by atoms with Gasteiger partial charge in [-0.3, -0.25) is 0 Å². The molecule has 0 fully saturated rings.